The van der Waals surface area contributed by atoms with Crippen LogP contribution in [0.3, 0.4) is 0 Å². The molecule has 7 nitrogen and oxygen atoms in total. The molecule has 3 amide bonds. The molecule has 1 unspecified atom stereocenters. The lowest BCUT2D eigenvalue weighted by molar-refractivity contribution is -0.138. The van der Waals surface area contributed by atoms with Gasteiger partial charge in [-0.3, -0.25) is 9.69 Å². The van der Waals surface area contributed by atoms with E-state index in [1.54, 1.807) is 14.2 Å². The summed E-state index contributed by atoms with van der Waals surface area (Å²) in [7, 11) is 3.27. The highest BCUT2D eigenvalue weighted by atomic mass is 16.5. The maximum Gasteiger partial charge on any atom is 0.326 e. The van der Waals surface area contributed by atoms with Gasteiger partial charge in [-0.15, -0.1) is 0 Å². The molecule has 1 aromatic carbocycles. The van der Waals surface area contributed by atoms with E-state index in [0.29, 0.717) is 19.0 Å². The van der Waals surface area contributed by atoms with E-state index in [0.717, 1.165) is 43.5 Å². The number of urea groups is 1. The van der Waals surface area contributed by atoms with Gasteiger partial charge in [0.15, 0.2) is 11.5 Å². The molecule has 4 rings (SSSR count). The van der Waals surface area contributed by atoms with Gasteiger partial charge in [-0.2, -0.15) is 0 Å². The second-order valence-corrected chi connectivity index (χ2v) is 8.69. The highest BCUT2D eigenvalue weighted by molar-refractivity contribution is 6.07. The Bertz CT molecular complexity index is 815. The molecule has 29 heavy (non-hydrogen) atoms. The number of methoxy groups -OCH3 is 2. The Morgan fingerprint density at radius 3 is 2.31 bits per heavy atom. The maximum absolute atomic E-state index is 13.4. The van der Waals surface area contributed by atoms with Crippen molar-refractivity contribution in [1.82, 2.24) is 15.1 Å². The minimum Gasteiger partial charge on any atom is -0.493 e. The van der Waals surface area contributed by atoms with Crippen LogP contribution in [0.1, 0.15) is 44.2 Å². The third kappa shape index (κ3) is 3.16. The summed E-state index contributed by atoms with van der Waals surface area (Å²) >= 11 is 0. The SMILES string of the molecule is COc1cc2c(cc1OC)CN(CN1C(=O)NC3(C1=O)[C@H](C)CCC[C@@H]3C)CC2. The van der Waals surface area contributed by atoms with Gasteiger partial charge in [-0.05, 0) is 54.4 Å². The smallest absolute Gasteiger partial charge is 0.326 e. The first-order valence-corrected chi connectivity index (χ1v) is 10.5. The van der Waals surface area contributed by atoms with E-state index < -0.39 is 5.54 Å². The van der Waals surface area contributed by atoms with Gasteiger partial charge in [0.1, 0.15) is 5.54 Å². The van der Waals surface area contributed by atoms with E-state index in [2.05, 4.69) is 24.1 Å². The number of ether oxygens (including phenoxy) is 2. The quantitative estimate of drug-likeness (QED) is 0.786. The number of carbonyl (C=O) groups excluding carboxylic acids is 2. The molecular weight excluding hydrogens is 370 g/mol. The van der Waals surface area contributed by atoms with E-state index in [1.807, 2.05) is 12.1 Å². The topological polar surface area (TPSA) is 71.1 Å². The Hall–Kier alpha value is -2.28. The summed E-state index contributed by atoms with van der Waals surface area (Å²) in [5.74, 6) is 1.70. The number of nitrogens with zero attached hydrogens (tertiary/aromatic N) is 2. The Balaban J connectivity index is 1.52. The zero-order chi connectivity index (χ0) is 20.8. The van der Waals surface area contributed by atoms with Crippen molar-refractivity contribution in [1.29, 1.82) is 0 Å². The molecule has 3 atom stereocenters. The second-order valence-electron chi connectivity index (χ2n) is 8.69. The fraction of sp³-hybridized carbons (Fsp3) is 0.636. The molecule has 1 aromatic rings. The first-order chi connectivity index (χ1) is 13.9. The standard InChI is InChI=1S/C22H31N3O4/c1-14-6-5-7-15(2)22(14)20(26)25(21(27)23-22)13-24-9-8-16-10-18(28-3)19(29-4)11-17(16)12-24/h10-11,14-15H,5-9,12-13H2,1-4H3,(H,23,27)/t14-,15+,22?. The molecule has 0 bridgehead atoms. The minimum absolute atomic E-state index is 0.0553. The Morgan fingerprint density at radius 1 is 1.07 bits per heavy atom. The van der Waals surface area contributed by atoms with Crippen LogP contribution >= 0.6 is 0 Å². The van der Waals surface area contributed by atoms with Crippen LogP contribution in [0.15, 0.2) is 12.1 Å². The molecule has 1 N–H and O–H groups in total. The van der Waals surface area contributed by atoms with Crippen LogP contribution in [0.2, 0.25) is 0 Å². The summed E-state index contributed by atoms with van der Waals surface area (Å²) in [6, 6.07) is 3.77. The summed E-state index contributed by atoms with van der Waals surface area (Å²) in [5.41, 5.74) is 1.64. The average molecular weight is 402 g/mol. The monoisotopic (exact) mass is 401 g/mol. The summed E-state index contributed by atoms with van der Waals surface area (Å²) in [4.78, 5) is 29.8. The Morgan fingerprint density at radius 2 is 1.69 bits per heavy atom. The maximum atomic E-state index is 13.4. The highest BCUT2D eigenvalue weighted by Crippen LogP contribution is 2.42. The zero-order valence-electron chi connectivity index (χ0n) is 17.8. The number of hydrogen-bond acceptors (Lipinski definition) is 5. The van der Waals surface area contributed by atoms with Crippen molar-refractivity contribution in [3.05, 3.63) is 23.3 Å². The van der Waals surface area contributed by atoms with Crippen molar-refractivity contribution in [2.24, 2.45) is 11.8 Å². The van der Waals surface area contributed by atoms with Crippen LogP contribution in [-0.4, -0.2) is 54.7 Å². The average Bonchev–Trinajstić information content (AvgIpc) is 2.96. The van der Waals surface area contributed by atoms with Crippen LogP contribution in [0.25, 0.3) is 0 Å². The van der Waals surface area contributed by atoms with Crippen LogP contribution in [0, 0.1) is 11.8 Å². The van der Waals surface area contributed by atoms with E-state index in [-0.39, 0.29) is 23.8 Å². The predicted octanol–water partition coefficient (Wildman–Crippen LogP) is 2.77. The number of carbonyl (C=O) groups is 2. The molecular formula is C22H31N3O4. The van der Waals surface area contributed by atoms with Crippen molar-refractivity contribution in [3.63, 3.8) is 0 Å². The first kappa shape index (κ1) is 20.0. The van der Waals surface area contributed by atoms with Crippen LogP contribution < -0.4 is 14.8 Å². The van der Waals surface area contributed by atoms with Gasteiger partial charge in [-0.1, -0.05) is 20.3 Å². The predicted molar refractivity (Wildman–Crippen MR) is 109 cm³/mol. The molecule has 158 valence electrons. The van der Waals surface area contributed by atoms with Gasteiger partial charge in [0, 0.05) is 13.1 Å². The summed E-state index contributed by atoms with van der Waals surface area (Å²) in [5, 5.41) is 3.08. The third-order valence-corrected chi connectivity index (χ3v) is 7.13. The van der Waals surface area contributed by atoms with E-state index >= 15 is 0 Å². The fourth-order valence-corrected chi connectivity index (χ4v) is 5.34. The van der Waals surface area contributed by atoms with Gasteiger partial charge >= 0.3 is 6.03 Å². The summed E-state index contributed by atoms with van der Waals surface area (Å²) < 4.78 is 10.8. The second kappa shape index (κ2) is 7.52. The lowest BCUT2D eigenvalue weighted by Crippen LogP contribution is -2.59. The molecule has 3 aliphatic rings. The van der Waals surface area contributed by atoms with Crippen LogP contribution in [0.4, 0.5) is 4.79 Å². The van der Waals surface area contributed by atoms with Crippen molar-refractivity contribution in [2.75, 3.05) is 27.4 Å². The first-order valence-electron chi connectivity index (χ1n) is 10.5. The van der Waals surface area contributed by atoms with Gasteiger partial charge < -0.3 is 14.8 Å². The number of hydrogen-bond donors (Lipinski definition) is 1. The number of imide groups is 1. The molecule has 2 fully saturated rings. The molecule has 2 heterocycles. The van der Waals surface area contributed by atoms with E-state index in [4.69, 9.17) is 9.47 Å². The number of benzene rings is 1. The molecule has 2 aliphatic heterocycles. The number of nitrogens with one attached hydrogen (secondary N) is 1. The molecule has 1 saturated heterocycles. The molecule has 0 radical (unpaired) electrons. The van der Waals surface area contributed by atoms with Crippen molar-refractivity contribution in [2.45, 2.75) is 51.6 Å². The largest absolute Gasteiger partial charge is 0.493 e. The van der Waals surface area contributed by atoms with Gasteiger partial charge in [0.05, 0.1) is 20.9 Å². The van der Waals surface area contributed by atoms with Crippen LogP contribution in [0.5, 0.6) is 11.5 Å². The van der Waals surface area contributed by atoms with Gasteiger partial charge in [0.25, 0.3) is 5.91 Å². The van der Waals surface area contributed by atoms with Crippen LogP contribution in [-0.2, 0) is 17.8 Å². The Kier molecular flexibility index (Phi) is 5.19. The Labute approximate surface area is 172 Å². The third-order valence-electron chi connectivity index (χ3n) is 7.13. The fourth-order valence-electron chi connectivity index (χ4n) is 5.34. The van der Waals surface area contributed by atoms with Gasteiger partial charge in [0.2, 0.25) is 0 Å². The molecule has 1 aliphatic carbocycles. The number of fused-ring (bicyclic) bond motifs is 1. The van der Waals surface area contributed by atoms with E-state index in [1.165, 1.54) is 10.5 Å². The highest BCUT2D eigenvalue weighted by Gasteiger charge is 2.58. The lowest BCUT2D eigenvalue weighted by Gasteiger charge is -2.42. The summed E-state index contributed by atoms with van der Waals surface area (Å²) in [6.07, 6.45) is 3.91. The molecule has 7 heteroatoms. The number of amides is 3. The molecule has 0 aromatic heterocycles. The lowest BCUT2D eigenvalue weighted by atomic mass is 9.67. The normalized spacial score (nSPS) is 29.7. The van der Waals surface area contributed by atoms with Crippen molar-refractivity contribution >= 4 is 11.9 Å². The molecule has 1 spiro atoms. The van der Waals surface area contributed by atoms with Crippen molar-refractivity contribution < 1.29 is 19.1 Å². The number of rotatable bonds is 4. The molecule has 1 saturated carbocycles. The summed E-state index contributed by atoms with van der Waals surface area (Å²) in [6.45, 7) is 5.96. The zero-order valence-corrected chi connectivity index (χ0v) is 17.8. The minimum atomic E-state index is -0.736. The van der Waals surface area contributed by atoms with E-state index in [9.17, 15) is 9.59 Å². The van der Waals surface area contributed by atoms with Crippen molar-refractivity contribution in [3.8, 4) is 11.5 Å². The van der Waals surface area contributed by atoms with Gasteiger partial charge in [-0.25, -0.2) is 9.69 Å².